The monoisotopic (exact) mass is 397 g/mol. The number of carbonyl (C=O) groups excluding carboxylic acids is 1. The van der Waals surface area contributed by atoms with Crippen LogP contribution < -0.4 is 5.43 Å². The molecule has 5 rings (SSSR count). The molecule has 1 amide bonds. The fraction of sp³-hybridized carbons (Fsp3) is 0.273. The average molecular weight is 397 g/mol. The van der Waals surface area contributed by atoms with Gasteiger partial charge in [-0.3, -0.25) is 9.59 Å². The number of nitrogens with zero attached hydrogens (tertiary/aromatic N) is 1. The topological polar surface area (TPSA) is 59.8 Å². The molecule has 0 bridgehead atoms. The average Bonchev–Trinajstić information content (AvgIpc) is 3.32. The maximum atomic E-state index is 13.7. The highest BCUT2D eigenvalue weighted by Gasteiger charge is 2.43. The first-order chi connectivity index (χ1) is 14.0. The van der Waals surface area contributed by atoms with Crippen molar-refractivity contribution in [3.8, 4) is 0 Å². The normalized spacial score (nSPS) is 21.2. The molecule has 0 radical (unpaired) electrons. The molecule has 2 atom stereocenters. The quantitative estimate of drug-likeness (QED) is 0.675. The van der Waals surface area contributed by atoms with Crippen molar-refractivity contribution in [1.82, 2.24) is 4.90 Å². The first-order valence-corrected chi connectivity index (χ1v) is 9.47. The number of hydrogen-bond donors (Lipinski definition) is 0. The van der Waals surface area contributed by atoms with E-state index in [1.165, 1.54) is 29.2 Å². The molecule has 1 aromatic heterocycles. The Hall–Kier alpha value is -3.06. The lowest BCUT2D eigenvalue weighted by molar-refractivity contribution is 0.0486. The van der Waals surface area contributed by atoms with Crippen molar-refractivity contribution in [3.63, 3.8) is 0 Å². The summed E-state index contributed by atoms with van der Waals surface area (Å²) in [5.41, 5.74) is 0.427. The van der Waals surface area contributed by atoms with Crippen LogP contribution in [0.4, 0.5) is 8.78 Å². The van der Waals surface area contributed by atoms with Crippen molar-refractivity contribution >= 4 is 16.9 Å². The van der Waals surface area contributed by atoms with Crippen LogP contribution in [0.15, 0.2) is 51.7 Å². The van der Waals surface area contributed by atoms with Crippen LogP contribution in [0.2, 0.25) is 0 Å². The van der Waals surface area contributed by atoms with Crippen molar-refractivity contribution in [3.05, 3.63) is 81.2 Å². The number of amides is 1. The first-order valence-electron chi connectivity index (χ1n) is 9.47. The van der Waals surface area contributed by atoms with Crippen LogP contribution in [0, 0.1) is 11.6 Å². The molecule has 29 heavy (non-hydrogen) atoms. The van der Waals surface area contributed by atoms with Gasteiger partial charge < -0.3 is 14.1 Å². The summed E-state index contributed by atoms with van der Waals surface area (Å²) in [6, 6.07) is 8.53. The van der Waals surface area contributed by atoms with E-state index < -0.39 is 29.0 Å². The van der Waals surface area contributed by atoms with Gasteiger partial charge in [-0.2, -0.15) is 0 Å². The Morgan fingerprint density at radius 3 is 2.52 bits per heavy atom. The summed E-state index contributed by atoms with van der Waals surface area (Å²) in [6.07, 6.45) is 1.57. The minimum atomic E-state index is -0.744. The number of fused-ring (bicyclic) bond motifs is 2. The Labute approximate surface area is 164 Å². The van der Waals surface area contributed by atoms with Crippen LogP contribution >= 0.6 is 0 Å². The summed E-state index contributed by atoms with van der Waals surface area (Å²) in [5.74, 6) is -1.46. The van der Waals surface area contributed by atoms with E-state index in [0.29, 0.717) is 12.2 Å². The Kier molecular flexibility index (Phi) is 4.20. The molecule has 0 aliphatic carbocycles. The molecule has 2 aliphatic rings. The molecule has 3 heterocycles. The SMILES string of the molecule is O=C1c2oc3ccc(F)cc3c(=O)c2[C@@H](c2ccc(F)cc2)N1C[C@@H]1CCCO1. The smallest absolute Gasteiger partial charge is 0.291 e. The summed E-state index contributed by atoms with van der Waals surface area (Å²) in [4.78, 5) is 28.0. The molecule has 2 aliphatic heterocycles. The minimum Gasteiger partial charge on any atom is -0.450 e. The maximum absolute atomic E-state index is 13.7. The summed E-state index contributed by atoms with van der Waals surface area (Å²) in [7, 11) is 0. The molecule has 7 heteroatoms. The zero-order chi connectivity index (χ0) is 20.1. The fourth-order valence-electron chi connectivity index (χ4n) is 4.18. The lowest BCUT2D eigenvalue weighted by Crippen LogP contribution is -2.36. The van der Waals surface area contributed by atoms with E-state index in [1.54, 1.807) is 12.1 Å². The van der Waals surface area contributed by atoms with E-state index in [9.17, 15) is 18.4 Å². The van der Waals surface area contributed by atoms with Gasteiger partial charge in [0.1, 0.15) is 17.2 Å². The molecule has 3 aromatic rings. The molecule has 1 fully saturated rings. The van der Waals surface area contributed by atoms with Crippen molar-refractivity contribution < 1.29 is 22.7 Å². The molecule has 5 nitrogen and oxygen atoms in total. The van der Waals surface area contributed by atoms with Crippen molar-refractivity contribution in [2.24, 2.45) is 0 Å². The van der Waals surface area contributed by atoms with Gasteiger partial charge in [-0.1, -0.05) is 12.1 Å². The minimum absolute atomic E-state index is 0.0542. The number of ether oxygens (including phenoxy) is 1. The molecular formula is C22H17F2NO4. The third-order valence-corrected chi connectivity index (χ3v) is 5.54. The molecule has 148 valence electrons. The number of benzene rings is 2. The van der Waals surface area contributed by atoms with Gasteiger partial charge >= 0.3 is 0 Å². The summed E-state index contributed by atoms with van der Waals surface area (Å²) < 4.78 is 38.6. The zero-order valence-electron chi connectivity index (χ0n) is 15.4. The third kappa shape index (κ3) is 2.93. The second kappa shape index (κ2) is 6.77. The van der Waals surface area contributed by atoms with Gasteiger partial charge in [-0.15, -0.1) is 0 Å². The molecule has 0 spiro atoms. The number of carbonyl (C=O) groups is 1. The standard InChI is InChI=1S/C22H17F2NO4/c23-13-5-3-12(4-6-13)19-18-20(26)16-10-14(24)7-8-17(16)29-21(18)22(27)25(19)11-15-2-1-9-28-15/h3-8,10,15,19H,1-2,9,11H2/t15-,19+/m0/s1. The van der Waals surface area contributed by atoms with Crippen LogP contribution in [-0.4, -0.2) is 30.1 Å². The lowest BCUT2D eigenvalue weighted by atomic mass is 9.98. The van der Waals surface area contributed by atoms with Gasteiger partial charge in [0.25, 0.3) is 5.91 Å². The maximum Gasteiger partial charge on any atom is 0.291 e. The van der Waals surface area contributed by atoms with E-state index in [-0.39, 0.29) is 34.9 Å². The second-order valence-corrected chi connectivity index (χ2v) is 7.36. The third-order valence-electron chi connectivity index (χ3n) is 5.54. The highest BCUT2D eigenvalue weighted by atomic mass is 19.1. The van der Waals surface area contributed by atoms with E-state index >= 15 is 0 Å². The second-order valence-electron chi connectivity index (χ2n) is 7.36. The molecule has 0 saturated carbocycles. The number of halogens is 2. The molecule has 2 aromatic carbocycles. The van der Waals surface area contributed by atoms with Gasteiger partial charge in [-0.05, 0) is 48.7 Å². The Morgan fingerprint density at radius 1 is 1.03 bits per heavy atom. The van der Waals surface area contributed by atoms with E-state index in [2.05, 4.69) is 0 Å². The molecular weight excluding hydrogens is 380 g/mol. The lowest BCUT2D eigenvalue weighted by Gasteiger charge is -2.27. The van der Waals surface area contributed by atoms with E-state index in [4.69, 9.17) is 9.15 Å². The van der Waals surface area contributed by atoms with E-state index in [1.807, 2.05) is 0 Å². The molecule has 0 unspecified atom stereocenters. The number of hydrogen-bond acceptors (Lipinski definition) is 4. The van der Waals surface area contributed by atoms with E-state index in [0.717, 1.165) is 18.9 Å². The van der Waals surface area contributed by atoms with Gasteiger partial charge in [-0.25, -0.2) is 8.78 Å². The summed E-state index contributed by atoms with van der Waals surface area (Å²) >= 11 is 0. The molecule has 1 saturated heterocycles. The van der Waals surface area contributed by atoms with Gasteiger partial charge in [0.05, 0.1) is 23.1 Å². The summed E-state index contributed by atoms with van der Waals surface area (Å²) in [6.45, 7) is 0.913. The van der Waals surface area contributed by atoms with Crippen molar-refractivity contribution in [2.75, 3.05) is 13.2 Å². The van der Waals surface area contributed by atoms with Crippen LogP contribution in [-0.2, 0) is 4.74 Å². The predicted octanol–water partition coefficient (Wildman–Crippen LogP) is 3.80. The highest BCUT2D eigenvalue weighted by molar-refractivity contribution is 5.99. The van der Waals surface area contributed by atoms with Gasteiger partial charge in [0.2, 0.25) is 5.76 Å². The van der Waals surface area contributed by atoms with Crippen LogP contribution in [0.3, 0.4) is 0 Å². The Bertz CT molecular complexity index is 1170. The first kappa shape index (κ1) is 18.0. The Morgan fingerprint density at radius 2 is 1.79 bits per heavy atom. The predicted molar refractivity (Wildman–Crippen MR) is 101 cm³/mol. The Balaban J connectivity index is 1.71. The van der Waals surface area contributed by atoms with Crippen LogP contribution in [0.25, 0.3) is 11.0 Å². The molecule has 0 N–H and O–H groups in total. The fourth-order valence-corrected chi connectivity index (χ4v) is 4.18. The zero-order valence-corrected chi connectivity index (χ0v) is 15.4. The van der Waals surface area contributed by atoms with Crippen LogP contribution in [0.5, 0.6) is 0 Å². The largest absolute Gasteiger partial charge is 0.450 e. The van der Waals surface area contributed by atoms with Crippen molar-refractivity contribution in [2.45, 2.75) is 25.0 Å². The van der Waals surface area contributed by atoms with Crippen LogP contribution in [0.1, 0.15) is 40.6 Å². The number of rotatable bonds is 3. The van der Waals surface area contributed by atoms with Crippen molar-refractivity contribution in [1.29, 1.82) is 0 Å². The highest BCUT2D eigenvalue weighted by Crippen LogP contribution is 2.39. The summed E-state index contributed by atoms with van der Waals surface area (Å²) in [5, 5.41) is 0.0719. The van der Waals surface area contributed by atoms with Gasteiger partial charge in [0, 0.05) is 13.2 Å². The van der Waals surface area contributed by atoms with Gasteiger partial charge in [0.15, 0.2) is 5.43 Å².